The Morgan fingerprint density at radius 1 is 1.10 bits per heavy atom. The van der Waals surface area contributed by atoms with Gasteiger partial charge in [-0.05, 0) is 42.0 Å². The Kier molecular flexibility index (Phi) is 4.57. The van der Waals surface area contributed by atoms with Crippen LogP contribution in [0.4, 0.5) is 0 Å². The van der Waals surface area contributed by atoms with E-state index in [1.807, 2.05) is 24.3 Å². The molecule has 1 amide bonds. The Labute approximate surface area is 117 Å². The van der Waals surface area contributed by atoms with E-state index in [0.717, 1.165) is 11.3 Å². The second kappa shape index (κ2) is 6.58. The largest absolute Gasteiger partial charge is 0.508 e. The standard InChI is InChI=1S/C15H16N2O3/c1-20-14-8-2-11(3-9-14)10-16-17-15(19)12-4-6-13(18)7-5-12/h2-9,16,18H,10H2,1H3,(H,17,19). The van der Waals surface area contributed by atoms with Gasteiger partial charge < -0.3 is 9.84 Å². The first-order chi connectivity index (χ1) is 9.69. The lowest BCUT2D eigenvalue weighted by Gasteiger charge is -2.08. The lowest BCUT2D eigenvalue weighted by molar-refractivity contribution is 0.0932. The van der Waals surface area contributed by atoms with Gasteiger partial charge in [0.05, 0.1) is 7.11 Å². The predicted octanol–water partition coefficient (Wildman–Crippen LogP) is 1.84. The third kappa shape index (κ3) is 3.73. The van der Waals surface area contributed by atoms with E-state index in [0.29, 0.717) is 12.1 Å². The van der Waals surface area contributed by atoms with Gasteiger partial charge in [-0.2, -0.15) is 0 Å². The highest BCUT2D eigenvalue weighted by Gasteiger charge is 2.04. The lowest BCUT2D eigenvalue weighted by atomic mass is 10.2. The number of carbonyl (C=O) groups is 1. The van der Waals surface area contributed by atoms with Gasteiger partial charge in [0.2, 0.25) is 0 Å². The van der Waals surface area contributed by atoms with Crippen molar-refractivity contribution < 1.29 is 14.6 Å². The molecule has 20 heavy (non-hydrogen) atoms. The molecule has 0 aliphatic rings. The highest BCUT2D eigenvalue weighted by atomic mass is 16.5. The van der Waals surface area contributed by atoms with Crippen molar-refractivity contribution in [3.8, 4) is 11.5 Å². The van der Waals surface area contributed by atoms with E-state index in [1.54, 1.807) is 19.2 Å². The molecule has 0 spiro atoms. The number of rotatable bonds is 5. The normalized spacial score (nSPS) is 10.1. The summed E-state index contributed by atoms with van der Waals surface area (Å²) >= 11 is 0. The molecule has 0 unspecified atom stereocenters. The minimum absolute atomic E-state index is 0.132. The topological polar surface area (TPSA) is 70.6 Å². The first-order valence-corrected chi connectivity index (χ1v) is 6.14. The van der Waals surface area contributed by atoms with Crippen LogP contribution >= 0.6 is 0 Å². The van der Waals surface area contributed by atoms with Gasteiger partial charge in [-0.3, -0.25) is 10.2 Å². The summed E-state index contributed by atoms with van der Waals surface area (Å²) in [6.45, 7) is 0.508. The van der Waals surface area contributed by atoms with E-state index in [4.69, 9.17) is 9.84 Å². The highest BCUT2D eigenvalue weighted by Crippen LogP contribution is 2.11. The molecule has 0 saturated carbocycles. The number of carbonyl (C=O) groups excluding carboxylic acids is 1. The second-order valence-corrected chi connectivity index (χ2v) is 4.20. The molecule has 2 aromatic rings. The van der Waals surface area contributed by atoms with Crippen molar-refractivity contribution in [3.63, 3.8) is 0 Å². The van der Waals surface area contributed by atoms with E-state index in [1.165, 1.54) is 12.1 Å². The first-order valence-electron chi connectivity index (χ1n) is 6.14. The Morgan fingerprint density at radius 2 is 1.75 bits per heavy atom. The minimum atomic E-state index is -0.251. The van der Waals surface area contributed by atoms with Crippen molar-refractivity contribution in [2.45, 2.75) is 6.54 Å². The molecule has 0 bridgehead atoms. The van der Waals surface area contributed by atoms with Crippen molar-refractivity contribution in [2.24, 2.45) is 0 Å². The summed E-state index contributed by atoms with van der Waals surface area (Å²) in [7, 11) is 1.62. The average Bonchev–Trinajstić information content (AvgIpc) is 2.48. The fourth-order valence-electron chi connectivity index (χ4n) is 1.65. The number of methoxy groups -OCH3 is 1. The van der Waals surface area contributed by atoms with Crippen LogP contribution in [0.2, 0.25) is 0 Å². The molecule has 3 N–H and O–H groups in total. The number of phenolic OH excluding ortho intramolecular Hbond substituents is 1. The number of phenols is 1. The maximum Gasteiger partial charge on any atom is 0.265 e. The van der Waals surface area contributed by atoms with Gasteiger partial charge in [0, 0.05) is 12.1 Å². The van der Waals surface area contributed by atoms with E-state index in [-0.39, 0.29) is 11.7 Å². The highest BCUT2D eigenvalue weighted by molar-refractivity contribution is 5.93. The molecule has 0 atom stereocenters. The molecule has 0 aliphatic carbocycles. The zero-order chi connectivity index (χ0) is 14.4. The van der Waals surface area contributed by atoms with Crippen LogP contribution in [0.3, 0.4) is 0 Å². The Morgan fingerprint density at radius 3 is 2.35 bits per heavy atom. The SMILES string of the molecule is COc1ccc(CNNC(=O)c2ccc(O)cc2)cc1. The quantitative estimate of drug-likeness (QED) is 0.726. The van der Waals surface area contributed by atoms with Crippen LogP contribution in [0.1, 0.15) is 15.9 Å². The van der Waals surface area contributed by atoms with E-state index in [9.17, 15) is 4.79 Å². The smallest absolute Gasteiger partial charge is 0.265 e. The number of benzene rings is 2. The van der Waals surface area contributed by atoms with Crippen molar-refractivity contribution in [1.29, 1.82) is 0 Å². The van der Waals surface area contributed by atoms with Crippen LogP contribution in [0.25, 0.3) is 0 Å². The first kappa shape index (κ1) is 13.9. The number of amides is 1. The average molecular weight is 272 g/mol. The summed E-state index contributed by atoms with van der Waals surface area (Å²) in [5.41, 5.74) is 6.94. The Hall–Kier alpha value is -2.53. The second-order valence-electron chi connectivity index (χ2n) is 4.20. The van der Waals surface area contributed by atoms with E-state index < -0.39 is 0 Å². The number of hydrogen-bond acceptors (Lipinski definition) is 4. The summed E-state index contributed by atoms with van der Waals surface area (Å²) in [6.07, 6.45) is 0. The maximum atomic E-state index is 11.8. The van der Waals surface area contributed by atoms with Crippen molar-refractivity contribution >= 4 is 5.91 Å². The van der Waals surface area contributed by atoms with Crippen LogP contribution in [-0.4, -0.2) is 18.1 Å². The van der Waals surface area contributed by atoms with Crippen molar-refractivity contribution in [1.82, 2.24) is 10.9 Å². The van der Waals surface area contributed by atoms with Crippen LogP contribution in [0.5, 0.6) is 11.5 Å². The van der Waals surface area contributed by atoms with Crippen LogP contribution < -0.4 is 15.6 Å². The molecule has 0 radical (unpaired) electrons. The fraction of sp³-hybridized carbons (Fsp3) is 0.133. The van der Waals surface area contributed by atoms with Gasteiger partial charge >= 0.3 is 0 Å². The third-order valence-electron chi connectivity index (χ3n) is 2.78. The summed E-state index contributed by atoms with van der Waals surface area (Å²) in [5, 5.41) is 9.15. The van der Waals surface area contributed by atoms with E-state index >= 15 is 0 Å². The van der Waals surface area contributed by atoms with E-state index in [2.05, 4.69) is 10.9 Å². The molecule has 104 valence electrons. The maximum absolute atomic E-state index is 11.8. The molecule has 0 aliphatic heterocycles. The van der Waals surface area contributed by atoms with Gasteiger partial charge in [0.1, 0.15) is 11.5 Å². The van der Waals surface area contributed by atoms with Crippen molar-refractivity contribution in [3.05, 3.63) is 59.7 Å². The van der Waals surface area contributed by atoms with Crippen LogP contribution in [-0.2, 0) is 6.54 Å². The summed E-state index contributed by atoms with van der Waals surface area (Å²) in [4.78, 5) is 11.8. The molecule has 5 nitrogen and oxygen atoms in total. The monoisotopic (exact) mass is 272 g/mol. The number of hydrogen-bond donors (Lipinski definition) is 3. The molecular formula is C15H16N2O3. The van der Waals surface area contributed by atoms with Crippen LogP contribution in [0.15, 0.2) is 48.5 Å². The minimum Gasteiger partial charge on any atom is -0.508 e. The molecule has 0 fully saturated rings. The van der Waals surface area contributed by atoms with Gasteiger partial charge in [0.15, 0.2) is 0 Å². The summed E-state index contributed by atoms with van der Waals surface area (Å²) in [5.74, 6) is 0.674. The van der Waals surface area contributed by atoms with Gasteiger partial charge in [0.25, 0.3) is 5.91 Å². The Bertz CT molecular complexity index is 565. The Balaban J connectivity index is 1.82. The molecular weight excluding hydrogens is 256 g/mol. The van der Waals surface area contributed by atoms with Gasteiger partial charge in [-0.15, -0.1) is 0 Å². The third-order valence-corrected chi connectivity index (χ3v) is 2.78. The summed E-state index contributed by atoms with van der Waals surface area (Å²) < 4.78 is 5.07. The molecule has 0 saturated heterocycles. The van der Waals surface area contributed by atoms with Gasteiger partial charge in [-0.1, -0.05) is 12.1 Å². The number of aromatic hydroxyl groups is 1. The zero-order valence-corrected chi connectivity index (χ0v) is 11.1. The zero-order valence-electron chi connectivity index (χ0n) is 11.1. The molecule has 0 aromatic heterocycles. The number of ether oxygens (including phenoxy) is 1. The molecule has 2 aromatic carbocycles. The number of hydrazine groups is 1. The fourth-order valence-corrected chi connectivity index (χ4v) is 1.65. The lowest BCUT2D eigenvalue weighted by Crippen LogP contribution is -2.36. The number of nitrogens with one attached hydrogen (secondary N) is 2. The predicted molar refractivity (Wildman–Crippen MR) is 75.4 cm³/mol. The molecule has 0 heterocycles. The van der Waals surface area contributed by atoms with Gasteiger partial charge in [-0.25, -0.2) is 5.43 Å². The van der Waals surface area contributed by atoms with Crippen LogP contribution in [0, 0.1) is 0 Å². The molecule has 2 rings (SSSR count). The van der Waals surface area contributed by atoms with Crippen molar-refractivity contribution in [2.75, 3.05) is 7.11 Å². The molecule has 5 heteroatoms. The summed E-state index contributed by atoms with van der Waals surface area (Å²) in [6, 6.07) is 13.6.